The highest BCUT2D eigenvalue weighted by molar-refractivity contribution is 4.99. The van der Waals surface area contributed by atoms with Crippen LogP contribution in [0.2, 0.25) is 0 Å². The van der Waals surface area contributed by atoms with Gasteiger partial charge in [-0.05, 0) is 44.2 Å². The van der Waals surface area contributed by atoms with Gasteiger partial charge < -0.3 is 5.32 Å². The normalized spacial score (nSPS) is 32.2. The average molecular weight is 222 g/mol. The summed E-state index contributed by atoms with van der Waals surface area (Å²) in [6.07, 6.45) is 11.7. The summed E-state index contributed by atoms with van der Waals surface area (Å²) in [5, 5.41) is 3.49. The van der Waals surface area contributed by atoms with Crippen LogP contribution in [0, 0.1) is 5.41 Å². The molecule has 2 aliphatic heterocycles. The smallest absolute Gasteiger partial charge is 0.00957 e. The first-order chi connectivity index (χ1) is 7.88. The summed E-state index contributed by atoms with van der Waals surface area (Å²) in [6, 6.07) is 0.947. The predicted octanol–water partition coefficient (Wildman–Crippen LogP) is 2.39. The molecule has 0 aromatic rings. The predicted molar refractivity (Wildman–Crippen MR) is 67.6 cm³/mol. The molecule has 2 heterocycles. The van der Waals surface area contributed by atoms with E-state index in [1.54, 1.807) is 0 Å². The molecule has 1 N–H and O–H groups in total. The molecule has 2 heteroatoms. The Labute approximate surface area is 99.8 Å². The molecule has 0 amide bonds. The minimum Gasteiger partial charge on any atom is -0.317 e. The fraction of sp³-hybridized carbons (Fsp3) is 1.00. The van der Waals surface area contributed by atoms with Crippen molar-refractivity contribution in [2.75, 3.05) is 26.2 Å². The molecule has 16 heavy (non-hydrogen) atoms. The van der Waals surface area contributed by atoms with Gasteiger partial charge in [0.05, 0.1) is 0 Å². The second kappa shape index (κ2) is 4.66. The van der Waals surface area contributed by atoms with Gasteiger partial charge in [0.1, 0.15) is 0 Å². The zero-order valence-corrected chi connectivity index (χ0v) is 10.5. The van der Waals surface area contributed by atoms with Crippen LogP contribution in [0.4, 0.5) is 0 Å². The number of nitrogens with one attached hydrogen (secondary N) is 1. The van der Waals surface area contributed by atoms with Crippen LogP contribution in [0.15, 0.2) is 0 Å². The quantitative estimate of drug-likeness (QED) is 0.685. The average Bonchev–Trinajstić information content (AvgIpc) is 2.55. The van der Waals surface area contributed by atoms with Gasteiger partial charge in [0.2, 0.25) is 0 Å². The molecule has 1 aliphatic carbocycles. The highest BCUT2D eigenvalue weighted by atomic mass is 15.2. The fourth-order valence-electron chi connectivity index (χ4n) is 3.97. The van der Waals surface area contributed by atoms with Crippen LogP contribution in [0.5, 0.6) is 0 Å². The Kier molecular flexibility index (Phi) is 3.21. The molecule has 2 saturated heterocycles. The molecule has 3 aliphatic rings. The monoisotopic (exact) mass is 222 g/mol. The number of nitrogens with zero attached hydrogens (tertiary/aromatic N) is 1. The lowest BCUT2D eigenvalue weighted by Crippen LogP contribution is -2.62. The van der Waals surface area contributed by atoms with E-state index in [1.807, 2.05) is 0 Å². The van der Waals surface area contributed by atoms with Crippen LogP contribution in [-0.2, 0) is 0 Å². The highest BCUT2D eigenvalue weighted by Crippen LogP contribution is 2.41. The third-order valence-electron chi connectivity index (χ3n) is 5.08. The largest absolute Gasteiger partial charge is 0.317 e. The number of hydrogen-bond donors (Lipinski definition) is 1. The minimum absolute atomic E-state index is 0.734. The van der Waals surface area contributed by atoms with Crippen LogP contribution in [0.1, 0.15) is 51.4 Å². The molecule has 1 saturated carbocycles. The van der Waals surface area contributed by atoms with Crippen molar-refractivity contribution in [1.82, 2.24) is 10.2 Å². The van der Waals surface area contributed by atoms with Gasteiger partial charge in [-0.1, -0.05) is 25.7 Å². The topological polar surface area (TPSA) is 15.3 Å². The Morgan fingerprint density at radius 1 is 0.875 bits per heavy atom. The van der Waals surface area contributed by atoms with Gasteiger partial charge in [0, 0.05) is 19.1 Å². The van der Waals surface area contributed by atoms with E-state index in [0.717, 1.165) is 11.5 Å². The van der Waals surface area contributed by atoms with Crippen molar-refractivity contribution < 1.29 is 0 Å². The lowest BCUT2D eigenvalue weighted by Gasteiger charge is -2.55. The van der Waals surface area contributed by atoms with E-state index in [0.29, 0.717) is 0 Å². The molecule has 0 aromatic heterocycles. The van der Waals surface area contributed by atoms with Gasteiger partial charge >= 0.3 is 0 Å². The van der Waals surface area contributed by atoms with E-state index in [4.69, 9.17) is 0 Å². The zero-order valence-electron chi connectivity index (χ0n) is 10.5. The first-order valence-corrected chi connectivity index (χ1v) is 7.33. The van der Waals surface area contributed by atoms with Gasteiger partial charge in [-0.25, -0.2) is 0 Å². The van der Waals surface area contributed by atoms with Crippen LogP contribution in [0.3, 0.4) is 0 Å². The summed E-state index contributed by atoms with van der Waals surface area (Å²) >= 11 is 0. The van der Waals surface area contributed by atoms with Crippen LogP contribution < -0.4 is 5.32 Å². The summed E-state index contributed by atoms with van der Waals surface area (Å²) in [5.41, 5.74) is 0.734. The molecule has 0 bridgehead atoms. The third-order valence-corrected chi connectivity index (χ3v) is 5.08. The molecule has 92 valence electrons. The highest BCUT2D eigenvalue weighted by Gasteiger charge is 2.45. The Morgan fingerprint density at radius 2 is 1.50 bits per heavy atom. The molecule has 0 atom stereocenters. The molecular formula is C14H26N2. The van der Waals surface area contributed by atoms with Crippen molar-refractivity contribution in [1.29, 1.82) is 0 Å². The minimum atomic E-state index is 0.734. The molecule has 0 aromatic carbocycles. The van der Waals surface area contributed by atoms with Crippen LogP contribution in [0.25, 0.3) is 0 Å². The van der Waals surface area contributed by atoms with Gasteiger partial charge in [0.25, 0.3) is 0 Å². The Bertz CT molecular complexity index is 217. The number of hydrogen-bond acceptors (Lipinski definition) is 2. The van der Waals surface area contributed by atoms with Gasteiger partial charge in [-0.2, -0.15) is 0 Å². The second-order valence-corrected chi connectivity index (χ2v) is 6.30. The fourth-order valence-corrected chi connectivity index (χ4v) is 3.97. The van der Waals surface area contributed by atoms with Crippen LogP contribution >= 0.6 is 0 Å². The van der Waals surface area contributed by atoms with Gasteiger partial charge in [0.15, 0.2) is 0 Å². The second-order valence-electron chi connectivity index (χ2n) is 6.30. The molecule has 1 spiro atoms. The zero-order chi connectivity index (χ0) is 10.8. The summed E-state index contributed by atoms with van der Waals surface area (Å²) < 4.78 is 0. The summed E-state index contributed by atoms with van der Waals surface area (Å²) in [7, 11) is 0. The summed E-state index contributed by atoms with van der Waals surface area (Å²) in [4.78, 5) is 2.80. The van der Waals surface area contributed by atoms with E-state index < -0.39 is 0 Å². The van der Waals surface area contributed by atoms with Crippen molar-refractivity contribution >= 4 is 0 Å². The maximum atomic E-state index is 3.49. The van der Waals surface area contributed by atoms with Crippen molar-refractivity contribution in [3.05, 3.63) is 0 Å². The first-order valence-electron chi connectivity index (χ1n) is 7.33. The molecule has 3 fully saturated rings. The van der Waals surface area contributed by atoms with E-state index in [9.17, 15) is 0 Å². The number of piperidine rings is 1. The Balaban J connectivity index is 1.51. The van der Waals surface area contributed by atoms with E-state index >= 15 is 0 Å². The summed E-state index contributed by atoms with van der Waals surface area (Å²) in [5.74, 6) is 0. The molecule has 0 radical (unpaired) electrons. The van der Waals surface area contributed by atoms with Gasteiger partial charge in [-0.15, -0.1) is 0 Å². The Morgan fingerprint density at radius 3 is 2.12 bits per heavy atom. The van der Waals surface area contributed by atoms with Crippen molar-refractivity contribution in [2.45, 2.75) is 57.4 Å². The van der Waals surface area contributed by atoms with Crippen molar-refractivity contribution in [3.63, 3.8) is 0 Å². The maximum absolute atomic E-state index is 3.49. The summed E-state index contributed by atoms with van der Waals surface area (Å²) in [6.45, 7) is 5.36. The number of rotatable bonds is 1. The molecular weight excluding hydrogens is 196 g/mol. The third kappa shape index (κ3) is 2.14. The first kappa shape index (κ1) is 11.0. The van der Waals surface area contributed by atoms with E-state index in [1.165, 1.54) is 77.5 Å². The molecule has 0 unspecified atom stereocenters. The van der Waals surface area contributed by atoms with Crippen molar-refractivity contribution in [3.8, 4) is 0 Å². The number of likely N-dealkylation sites (tertiary alicyclic amines) is 1. The standard InChI is InChI=1S/C14H26N2/c1-2-4-6-13(5-3-1)16-11-14(12-16)7-9-15-10-8-14/h13,15H,1-12H2. The van der Waals surface area contributed by atoms with Crippen molar-refractivity contribution in [2.24, 2.45) is 5.41 Å². The lowest BCUT2D eigenvalue weighted by molar-refractivity contribution is -0.0538. The lowest BCUT2D eigenvalue weighted by atomic mass is 9.71. The molecule has 3 rings (SSSR count). The molecule has 2 nitrogen and oxygen atoms in total. The van der Waals surface area contributed by atoms with E-state index in [2.05, 4.69) is 10.2 Å². The van der Waals surface area contributed by atoms with Gasteiger partial charge in [-0.3, -0.25) is 4.90 Å². The van der Waals surface area contributed by atoms with Crippen LogP contribution in [-0.4, -0.2) is 37.1 Å². The van der Waals surface area contributed by atoms with E-state index in [-0.39, 0.29) is 0 Å². The maximum Gasteiger partial charge on any atom is 0.00957 e. The SMILES string of the molecule is C1CCCC(N2CC3(CCNCC3)C2)CC1. The Hall–Kier alpha value is -0.0800.